The van der Waals surface area contributed by atoms with E-state index >= 15 is 0 Å². The van der Waals surface area contributed by atoms with E-state index in [-0.39, 0.29) is 11.9 Å². The fourth-order valence-corrected chi connectivity index (χ4v) is 2.11. The molecule has 1 amide bonds. The van der Waals surface area contributed by atoms with E-state index in [1.165, 1.54) is 0 Å². The van der Waals surface area contributed by atoms with Crippen molar-refractivity contribution in [1.29, 1.82) is 0 Å². The summed E-state index contributed by atoms with van der Waals surface area (Å²) in [5, 5.41) is 3.64. The van der Waals surface area contributed by atoms with E-state index in [1.807, 2.05) is 50.2 Å². The van der Waals surface area contributed by atoms with E-state index in [2.05, 4.69) is 5.32 Å². The highest BCUT2D eigenvalue weighted by atomic mass is 35.5. The largest absolute Gasteiger partial charge is 0.464 e. The number of aryl methyl sites for hydroxylation is 2. The first kappa shape index (κ1) is 14.7. The van der Waals surface area contributed by atoms with Gasteiger partial charge in [-0.2, -0.15) is 0 Å². The maximum atomic E-state index is 11.9. The van der Waals surface area contributed by atoms with Crippen LogP contribution in [0.3, 0.4) is 0 Å². The average Bonchev–Trinajstić information content (AvgIpc) is 2.85. The van der Waals surface area contributed by atoms with Gasteiger partial charge in [-0.3, -0.25) is 4.79 Å². The quantitative estimate of drug-likeness (QED) is 0.903. The molecule has 106 valence electrons. The fourth-order valence-electron chi connectivity index (χ4n) is 1.98. The molecule has 2 aromatic rings. The summed E-state index contributed by atoms with van der Waals surface area (Å²) in [5.74, 6) is 1.64. The predicted octanol–water partition coefficient (Wildman–Crippen LogP) is 4.05. The standard InChI is InChI=1S/C16H18ClNO2/c1-11-3-9-15(20-11)12(2)18-16(19)10-6-13-4-7-14(17)8-5-13/h3-5,7-9,12H,6,10H2,1-2H3,(H,18,19). The molecule has 1 aromatic heterocycles. The number of halogens is 1. The van der Waals surface area contributed by atoms with Gasteiger partial charge in [0.05, 0.1) is 6.04 Å². The summed E-state index contributed by atoms with van der Waals surface area (Å²) in [6, 6.07) is 11.2. The Bertz CT molecular complexity index is 574. The summed E-state index contributed by atoms with van der Waals surface area (Å²) >= 11 is 5.82. The number of amides is 1. The summed E-state index contributed by atoms with van der Waals surface area (Å²) < 4.78 is 5.49. The van der Waals surface area contributed by atoms with Crippen LogP contribution in [0.2, 0.25) is 5.02 Å². The van der Waals surface area contributed by atoms with E-state index in [4.69, 9.17) is 16.0 Å². The third-order valence-electron chi connectivity index (χ3n) is 3.12. The number of carbonyl (C=O) groups is 1. The van der Waals surface area contributed by atoms with Crippen molar-refractivity contribution >= 4 is 17.5 Å². The zero-order chi connectivity index (χ0) is 14.5. The number of rotatable bonds is 5. The molecule has 0 saturated heterocycles. The fraction of sp³-hybridized carbons (Fsp3) is 0.312. The Hall–Kier alpha value is -1.74. The van der Waals surface area contributed by atoms with E-state index in [0.29, 0.717) is 17.9 Å². The lowest BCUT2D eigenvalue weighted by Crippen LogP contribution is -2.26. The highest BCUT2D eigenvalue weighted by Gasteiger charge is 2.12. The van der Waals surface area contributed by atoms with Gasteiger partial charge in [0.15, 0.2) is 0 Å². The van der Waals surface area contributed by atoms with Gasteiger partial charge in [-0.1, -0.05) is 23.7 Å². The molecule has 0 saturated carbocycles. The second kappa shape index (κ2) is 6.62. The summed E-state index contributed by atoms with van der Waals surface area (Å²) in [7, 11) is 0. The Balaban J connectivity index is 1.82. The number of nitrogens with one attached hydrogen (secondary N) is 1. The van der Waals surface area contributed by atoms with Crippen molar-refractivity contribution in [3.8, 4) is 0 Å². The topological polar surface area (TPSA) is 42.2 Å². The Labute approximate surface area is 123 Å². The van der Waals surface area contributed by atoms with Crippen molar-refractivity contribution in [2.24, 2.45) is 0 Å². The molecule has 0 fully saturated rings. The first-order valence-electron chi connectivity index (χ1n) is 6.65. The van der Waals surface area contributed by atoms with Gasteiger partial charge in [-0.05, 0) is 50.1 Å². The molecule has 1 aromatic carbocycles. The van der Waals surface area contributed by atoms with Crippen molar-refractivity contribution in [3.05, 3.63) is 58.5 Å². The van der Waals surface area contributed by atoms with Crippen molar-refractivity contribution in [2.75, 3.05) is 0 Å². The van der Waals surface area contributed by atoms with E-state index < -0.39 is 0 Å². The summed E-state index contributed by atoms with van der Waals surface area (Å²) in [6.07, 6.45) is 1.15. The van der Waals surface area contributed by atoms with Gasteiger partial charge < -0.3 is 9.73 Å². The lowest BCUT2D eigenvalue weighted by atomic mass is 10.1. The van der Waals surface area contributed by atoms with Gasteiger partial charge in [0, 0.05) is 11.4 Å². The van der Waals surface area contributed by atoms with Crippen LogP contribution in [-0.4, -0.2) is 5.91 Å². The van der Waals surface area contributed by atoms with Crippen LogP contribution in [0.4, 0.5) is 0 Å². The molecule has 0 aliphatic heterocycles. The zero-order valence-corrected chi connectivity index (χ0v) is 12.4. The zero-order valence-electron chi connectivity index (χ0n) is 11.7. The van der Waals surface area contributed by atoms with Gasteiger partial charge >= 0.3 is 0 Å². The minimum Gasteiger partial charge on any atom is -0.464 e. The van der Waals surface area contributed by atoms with Gasteiger partial charge in [-0.15, -0.1) is 0 Å². The highest BCUT2D eigenvalue weighted by molar-refractivity contribution is 6.30. The number of benzene rings is 1. The van der Waals surface area contributed by atoms with Crippen LogP contribution < -0.4 is 5.32 Å². The molecule has 0 aliphatic rings. The molecule has 20 heavy (non-hydrogen) atoms. The van der Waals surface area contributed by atoms with Crippen LogP contribution in [0.5, 0.6) is 0 Å². The smallest absolute Gasteiger partial charge is 0.220 e. The first-order valence-corrected chi connectivity index (χ1v) is 7.02. The lowest BCUT2D eigenvalue weighted by Gasteiger charge is -2.11. The van der Waals surface area contributed by atoms with Crippen molar-refractivity contribution in [1.82, 2.24) is 5.32 Å². The monoisotopic (exact) mass is 291 g/mol. The van der Waals surface area contributed by atoms with E-state index in [0.717, 1.165) is 17.1 Å². The van der Waals surface area contributed by atoms with Gasteiger partial charge in [0.2, 0.25) is 5.91 Å². The molecule has 1 N–H and O–H groups in total. The summed E-state index contributed by atoms with van der Waals surface area (Å²) in [5.41, 5.74) is 1.10. The molecule has 0 bridgehead atoms. The molecule has 1 unspecified atom stereocenters. The van der Waals surface area contributed by atoms with Crippen molar-refractivity contribution < 1.29 is 9.21 Å². The van der Waals surface area contributed by atoms with Crippen LogP contribution in [0, 0.1) is 6.92 Å². The lowest BCUT2D eigenvalue weighted by molar-refractivity contribution is -0.121. The molecule has 0 spiro atoms. The molecule has 1 atom stereocenters. The van der Waals surface area contributed by atoms with Crippen LogP contribution in [0.25, 0.3) is 0 Å². The maximum Gasteiger partial charge on any atom is 0.220 e. The third kappa shape index (κ3) is 4.14. The number of furan rings is 1. The van der Waals surface area contributed by atoms with Crippen LogP contribution >= 0.6 is 11.6 Å². The Morgan fingerprint density at radius 3 is 2.55 bits per heavy atom. The van der Waals surface area contributed by atoms with Crippen LogP contribution in [-0.2, 0) is 11.2 Å². The molecule has 0 aliphatic carbocycles. The molecule has 4 heteroatoms. The normalized spacial score (nSPS) is 12.2. The van der Waals surface area contributed by atoms with E-state index in [1.54, 1.807) is 0 Å². The number of hydrogen-bond donors (Lipinski definition) is 1. The molecule has 0 radical (unpaired) electrons. The molecular weight excluding hydrogens is 274 g/mol. The second-order valence-corrected chi connectivity index (χ2v) is 5.30. The number of hydrogen-bond acceptors (Lipinski definition) is 2. The molecule has 3 nitrogen and oxygen atoms in total. The Kier molecular flexibility index (Phi) is 4.85. The average molecular weight is 292 g/mol. The third-order valence-corrected chi connectivity index (χ3v) is 3.37. The summed E-state index contributed by atoms with van der Waals surface area (Å²) in [6.45, 7) is 3.80. The molecular formula is C16H18ClNO2. The Morgan fingerprint density at radius 1 is 1.25 bits per heavy atom. The van der Waals surface area contributed by atoms with E-state index in [9.17, 15) is 4.79 Å². The first-order chi connectivity index (χ1) is 9.54. The minimum atomic E-state index is -0.110. The van der Waals surface area contributed by atoms with Gasteiger partial charge in [-0.25, -0.2) is 0 Å². The second-order valence-electron chi connectivity index (χ2n) is 4.86. The maximum absolute atomic E-state index is 11.9. The Morgan fingerprint density at radius 2 is 1.95 bits per heavy atom. The number of carbonyl (C=O) groups excluding carboxylic acids is 1. The predicted molar refractivity (Wildman–Crippen MR) is 79.8 cm³/mol. The minimum absolute atomic E-state index is 0.0153. The van der Waals surface area contributed by atoms with Gasteiger partial charge in [0.25, 0.3) is 0 Å². The van der Waals surface area contributed by atoms with Crippen molar-refractivity contribution in [3.63, 3.8) is 0 Å². The highest BCUT2D eigenvalue weighted by Crippen LogP contribution is 2.16. The van der Waals surface area contributed by atoms with Gasteiger partial charge in [0.1, 0.15) is 11.5 Å². The van der Waals surface area contributed by atoms with Crippen molar-refractivity contribution in [2.45, 2.75) is 32.7 Å². The molecule has 1 heterocycles. The van der Waals surface area contributed by atoms with Crippen LogP contribution in [0.15, 0.2) is 40.8 Å². The van der Waals surface area contributed by atoms with Crippen LogP contribution in [0.1, 0.15) is 36.5 Å². The summed E-state index contributed by atoms with van der Waals surface area (Å²) in [4.78, 5) is 11.9. The SMILES string of the molecule is Cc1ccc(C(C)NC(=O)CCc2ccc(Cl)cc2)o1. The molecule has 2 rings (SSSR count).